The second-order valence-corrected chi connectivity index (χ2v) is 4.17. The van der Waals surface area contributed by atoms with Gasteiger partial charge in [0.05, 0.1) is 5.69 Å². The molecule has 0 saturated carbocycles. The summed E-state index contributed by atoms with van der Waals surface area (Å²) < 4.78 is 5.74. The summed E-state index contributed by atoms with van der Waals surface area (Å²) in [5.41, 5.74) is 0.998. The van der Waals surface area contributed by atoms with E-state index in [1.807, 2.05) is 6.07 Å². The summed E-state index contributed by atoms with van der Waals surface area (Å²) in [4.78, 5) is 8.18. The molecule has 0 aliphatic carbocycles. The number of hydrogen-bond acceptors (Lipinski definition) is 4. The predicted octanol–water partition coefficient (Wildman–Crippen LogP) is 1.70. The Morgan fingerprint density at radius 3 is 3.25 bits per heavy atom. The van der Waals surface area contributed by atoms with E-state index in [1.54, 1.807) is 12.5 Å². The highest BCUT2D eigenvalue weighted by molar-refractivity contribution is 5.04. The van der Waals surface area contributed by atoms with Crippen LogP contribution in [0.2, 0.25) is 0 Å². The zero-order valence-electron chi connectivity index (χ0n) is 9.72. The number of nitrogens with one attached hydrogen (secondary N) is 1. The molecule has 2 unspecified atom stereocenters. The molecule has 1 N–H and O–H groups in total. The lowest BCUT2D eigenvalue weighted by Crippen LogP contribution is -2.36. The van der Waals surface area contributed by atoms with E-state index in [0.717, 1.165) is 31.7 Å². The molecule has 1 aromatic rings. The summed E-state index contributed by atoms with van der Waals surface area (Å²) in [5.74, 6) is 0. The van der Waals surface area contributed by atoms with Crippen molar-refractivity contribution in [2.75, 3.05) is 13.2 Å². The normalized spacial score (nSPS) is 25.6. The quantitative estimate of drug-likeness (QED) is 0.840. The molecule has 88 valence electrons. The zero-order valence-corrected chi connectivity index (χ0v) is 9.72. The van der Waals surface area contributed by atoms with Gasteiger partial charge in [0.25, 0.3) is 0 Å². The summed E-state index contributed by atoms with van der Waals surface area (Å²) in [7, 11) is 0. The van der Waals surface area contributed by atoms with Crippen LogP contribution in [-0.2, 0) is 4.74 Å². The molecule has 1 aliphatic rings. The summed E-state index contributed by atoms with van der Waals surface area (Å²) in [6.07, 6.45) is 6.77. The van der Waals surface area contributed by atoms with Crippen LogP contribution in [0.25, 0.3) is 0 Å². The van der Waals surface area contributed by atoms with Crippen LogP contribution in [0.3, 0.4) is 0 Å². The fourth-order valence-electron chi connectivity index (χ4n) is 2.03. The zero-order chi connectivity index (χ0) is 11.2. The number of nitrogens with zero attached hydrogens (tertiary/aromatic N) is 2. The number of ether oxygens (including phenoxy) is 1. The molecule has 2 atom stereocenters. The maximum atomic E-state index is 5.74. The Bertz CT molecular complexity index is 304. The predicted molar refractivity (Wildman–Crippen MR) is 62.0 cm³/mol. The Morgan fingerprint density at radius 1 is 1.56 bits per heavy atom. The monoisotopic (exact) mass is 221 g/mol. The van der Waals surface area contributed by atoms with Gasteiger partial charge in [-0.05, 0) is 31.9 Å². The van der Waals surface area contributed by atoms with Crippen LogP contribution >= 0.6 is 0 Å². The third-order valence-corrected chi connectivity index (χ3v) is 2.90. The van der Waals surface area contributed by atoms with Crippen molar-refractivity contribution in [3.63, 3.8) is 0 Å². The van der Waals surface area contributed by atoms with Crippen molar-refractivity contribution in [2.24, 2.45) is 0 Å². The molecule has 2 heterocycles. The molecule has 4 heteroatoms. The van der Waals surface area contributed by atoms with Crippen molar-refractivity contribution >= 4 is 0 Å². The van der Waals surface area contributed by atoms with Crippen LogP contribution in [0.15, 0.2) is 18.6 Å². The first-order valence-corrected chi connectivity index (χ1v) is 6.01. The average molecular weight is 221 g/mol. The molecule has 1 fully saturated rings. The van der Waals surface area contributed by atoms with E-state index in [1.165, 1.54) is 6.42 Å². The molecule has 16 heavy (non-hydrogen) atoms. The minimum absolute atomic E-state index is 0.131. The molecule has 2 rings (SSSR count). The number of hydrogen-bond donors (Lipinski definition) is 1. The Kier molecular flexibility index (Phi) is 4.25. The van der Waals surface area contributed by atoms with E-state index in [4.69, 9.17) is 4.74 Å². The van der Waals surface area contributed by atoms with Crippen LogP contribution in [-0.4, -0.2) is 29.2 Å². The van der Waals surface area contributed by atoms with Crippen molar-refractivity contribution in [3.8, 4) is 0 Å². The van der Waals surface area contributed by atoms with E-state index in [-0.39, 0.29) is 6.10 Å². The standard InChI is InChI=1S/C12H19N3O/c1-2-5-14-10-4-7-16-12(8-10)11-3-6-13-9-15-11/h3,6,9-10,12,14H,2,4-5,7-8H2,1H3. The number of aromatic nitrogens is 2. The highest BCUT2D eigenvalue weighted by Gasteiger charge is 2.23. The average Bonchev–Trinajstić information content (AvgIpc) is 2.38. The lowest BCUT2D eigenvalue weighted by Gasteiger charge is -2.29. The SMILES string of the molecule is CCCNC1CCOC(c2ccncn2)C1. The molecule has 0 radical (unpaired) electrons. The highest BCUT2D eigenvalue weighted by Crippen LogP contribution is 2.26. The Hall–Kier alpha value is -1.00. The molecule has 4 nitrogen and oxygen atoms in total. The topological polar surface area (TPSA) is 47.0 Å². The smallest absolute Gasteiger partial charge is 0.115 e. The molecule has 0 amide bonds. The molecule has 1 saturated heterocycles. The first-order chi connectivity index (χ1) is 7.90. The van der Waals surface area contributed by atoms with Gasteiger partial charge in [-0.3, -0.25) is 0 Å². The van der Waals surface area contributed by atoms with Crippen molar-refractivity contribution in [1.82, 2.24) is 15.3 Å². The number of rotatable bonds is 4. The molecule has 1 aliphatic heterocycles. The van der Waals surface area contributed by atoms with Crippen molar-refractivity contribution in [2.45, 2.75) is 38.3 Å². The minimum Gasteiger partial charge on any atom is -0.372 e. The van der Waals surface area contributed by atoms with Gasteiger partial charge >= 0.3 is 0 Å². The van der Waals surface area contributed by atoms with Gasteiger partial charge in [0.15, 0.2) is 0 Å². The van der Waals surface area contributed by atoms with Gasteiger partial charge in [0, 0.05) is 18.8 Å². The molecule has 0 bridgehead atoms. The third kappa shape index (κ3) is 3.00. The highest BCUT2D eigenvalue weighted by atomic mass is 16.5. The van der Waals surface area contributed by atoms with Crippen LogP contribution in [0.4, 0.5) is 0 Å². The third-order valence-electron chi connectivity index (χ3n) is 2.90. The fraction of sp³-hybridized carbons (Fsp3) is 0.667. The summed E-state index contributed by atoms with van der Waals surface area (Å²) in [6.45, 7) is 4.09. The fourth-order valence-corrected chi connectivity index (χ4v) is 2.03. The maximum Gasteiger partial charge on any atom is 0.115 e. The van der Waals surface area contributed by atoms with Gasteiger partial charge in [-0.2, -0.15) is 0 Å². The Balaban J connectivity index is 1.91. The Morgan fingerprint density at radius 2 is 2.50 bits per heavy atom. The molecule has 1 aromatic heterocycles. The molecular weight excluding hydrogens is 202 g/mol. The van der Waals surface area contributed by atoms with Crippen LogP contribution < -0.4 is 5.32 Å². The van der Waals surface area contributed by atoms with Crippen LogP contribution in [0, 0.1) is 0 Å². The lowest BCUT2D eigenvalue weighted by molar-refractivity contribution is -0.00219. The van der Waals surface area contributed by atoms with E-state index in [2.05, 4.69) is 22.2 Å². The van der Waals surface area contributed by atoms with Gasteiger partial charge in [-0.1, -0.05) is 6.92 Å². The van der Waals surface area contributed by atoms with E-state index >= 15 is 0 Å². The largest absolute Gasteiger partial charge is 0.372 e. The first-order valence-electron chi connectivity index (χ1n) is 6.01. The van der Waals surface area contributed by atoms with Crippen LogP contribution in [0.5, 0.6) is 0 Å². The van der Waals surface area contributed by atoms with E-state index in [0.29, 0.717) is 6.04 Å². The van der Waals surface area contributed by atoms with E-state index < -0.39 is 0 Å². The van der Waals surface area contributed by atoms with Crippen molar-refractivity contribution in [3.05, 3.63) is 24.3 Å². The van der Waals surface area contributed by atoms with Gasteiger partial charge in [-0.25, -0.2) is 9.97 Å². The van der Waals surface area contributed by atoms with Crippen molar-refractivity contribution in [1.29, 1.82) is 0 Å². The molecule has 0 aromatic carbocycles. The van der Waals surface area contributed by atoms with Gasteiger partial charge < -0.3 is 10.1 Å². The van der Waals surface area contributed by atoms with Gasteiger partial charge in [0.1, 0.15) is 12.4 Å². The minimum atomic E-state index is 0.131. The lowest BCUT2D eigenvalue weighted by atomic mass is 10.0. The summed E-state index contributed by atoms with van der Waals surface area (Å²) >= 11 is 0. The summed E-state index contributed by atoms with van der Waals surface area (Å²) in [5, 5.41) is 3.55. The van der Waals surface area contributed by atoms with Crippen LogP contribution in [0.1, 0.15) is 38.0 Å². The molecule has 0 spiro atoms. The van der Waals surface area contributed by atoms with Gasteiger partial charge in [0.2, 0.25) is 0 Å². The molecular formula is C12H19N3O. The Labute approximate surface area is 96.4 Å². The van der Waals surface area contributed by atoms with Gasteiger partial charge in [-0.15, -0.1) is 0 Å². The summed E-state index contributed by atoms with van der Waals surface area (Å²) in [6, 6.07) is 2.50. The first kappa shape index (κ1) is 11.5. The van der Waals surface area contributed by atoms with Crippen molar-refractivity contribution < 1.29 is 4.74 Å². The maximum absolute atomic E-state index is 5.74. The second-order valence-electron chi connectivity index (χ2n) is 4.17. The second kappa shape index (κ2) is 5.92. The van der Waals surface area contributed by atoms with E-state index in [9.17, 15) is 0 Å².